The number of carbonyl (C=O) groups is 1. The molecule has 20 heavy (non-hydrogen) atoms. The van der Waals surface area contributed by atoms with Crippen LogP contribution >= 0.6 is 0 Å². The van der Waals surface area contributed by atoms with Gasteiger partial charge >= 0.3 is 0 Å². The summed E-state index contributed by atoms with van der Waals surface area (Å²) in [6, 6.07) is 4.01. The largest absolute Gasteiger partial charge is 0.451 e. The lowest BCUT2D eigenvalue weighted by atomic mass is 10.1. The van der Waals surface area contributed by atoms with E-state index in [1.807, 2.05) is 0 Å². The second-order valence-corrected chi connectivity index (χ2v) is 5.03. The number of aryl methyl sites for hydroxylation is 1. The zero-order valence-corrected chi connectivity index (χ0v) is 11.2. The number of rotatable bonds is 4. The molecule has 1 aromatic heterocycles. The van der Waals surface area contributed by atoms with E-state index in [2.05, 4.69) is 5.32 Å². The summed E-state index contributed by atoms with van der Waals surface area (Å²) < 4.78 is 18.6. The van der Waals surface area contributed by atoms with E-state index in [1.165, 1.54) is 25.1 Å². The van der Waals surface area contributed by atoms with E-state index in [0.29, 0.717) is 16.5 Å². The predicted molar refractivity (Wildman–Crippen MR) is 71.0 cm³/mol. The fourth-order valence-electron chi connectivity index (χ4n) is 1.82. The van der Waals surface area contributed by atoms with Crippen LogP contribution in [-0.2, 0) is 0 Å². The first kappa shape index (κ1) is 14.5. The molecule has 1 atom stereocenters. The highest BCUT2D eigenvalue weighted by atomic mass is 19.1. The highest BCUT2D eigenvalue weighted by Crippen LogP contribution is 2.25. The summed E-state index contributed by atoms with van der Waals surface area (Å²) in [4.78, 5) is 12.0. The fourth-order valence-corrected chi connectivity index (χ4v) is 1.82. The first-order valence-electron chi connectivity index (χ1n) is 6.14. The van der Waals surface area contributed by atoms with Gasteiger partial charge in [-0.2, -0.15) is 0 Å². The summed E-state index contributed by atoms with van der Waals surface area (Å²) >= 11 is 0. The number of hydrogen-bond donors (Lipinski definition) is 3. The zero-order valence-electron chi connectivity index (χ0n) is 11.2. The number of halogens is 1. The number of aliphatic hydroxyl groups excluding tert-OH is 1. The van der Waals surface area contributed by atoms with Gasteiger partial charge in [-0.3, -0.25) is 4.79 Å². The Kier molecular flexibility index (Phi) is 3.78. The van der Waals surface area contributed by atoms with E-state index in [4.69, 9.17) is 9.52 Å². The molecule has 0 spiro atoms. The molecule has 1 heterocycles. The number of hydrogen-bond acceptors (Lipinski definition) is 4. The lowest BCUT2D eigenvalue weighted by Crippen LogP contribution is -2.43. The Morgan fingerprint density at radius 2 is 2.20 bits per heavy atom. The van der Waals surface area contributed by atoms with Gasteiger partial charge in [-0.15, -0.1) is 0 Å². The van der Waals surface area contributed by atoms with Gasteiger partial charge in [0.25, 0.3) is 5.91 Å². The number of benzene rings is 1. The van der Waals surface area contributed by atoms with Gasteiger partial charge in [-0.1, -0.05) is 0 Å². The summed E-state index contributed by atoms with van der Waals surface area (Å²) in [6.07, 6.45) is 0. The monoisotopic (exact) mass is 281 g/mol. The molecule has 108 valence electrons. The van der Waals surface area contributed by atoms with E-state index in [1.54, 1.807) is 6.92 Å². The Morgan fingerprint density at radius 1 is 1.50 bits per heavy atom. The van der Waals surface area contributed by atoms with Crippen LogP contribution in [0.15, 0.2) is 22.6 Å². The first-order chi connectivity index (χ1) is 9.34. The quantitative estimate of drug-likeness (QED) is 0.790. The maximum absolute atomic E-state index is 13.2. The molecule has 1 unspecified atom stereocenters. The third-order valence-electron chi connectivity index (χ3n) is 3.07. The van der Waals surface area contributed by atoms with E-state index < -0.39 is 23.9 Å². The van der Waals surface area contributed by atoms with Crippen LogP contribution in [0, 0.1) is 12.7 Å². The van der Waals surface area contributed by atoms with Crippen LogP contribution < -0.4 is 5.32 Å². The molecule has 1 amide bonds. The Hall–Kier alpha value is -1.92. The predicted octanol–water partition coefficient (Wildman–Crippen LogP) is 1.35. The number of amides is 1. The van der Waals surface area contributed by atoms with E-state index in [0.717, 1.165) is 0 Å². The van der Waals surface area contributed by atoms with Gasteiger partial charge in [0.05, 0.1) is 6.61 Å². The van der Waals surface area contributed by atoms with Crippen LogP contribution in [0.3, 0.4) is 0 Å². The SMILES string of the molecule is Cc1c(C(=O)NCC(C)(O)CO)oc2ccc(F)cc12. The number of carbonyl (C=O) groups excluding carboxylic acids is 1. The first-order valence-corrected chi connectivity index (χ1v) is 6.14. The minimum Gasteiger partial charge on any atom is -0.451 e. The Bertz CT molecular complexity index is 648. The topological polar surface area (TPSA) is 82.7 Å². The molecule has 0 aliphatic carbocycles. The van der Waals surface area contributed by atoms with Gasteiger partial charge < -0.3 is 19.9 Å². The fraction of sp³-hybridized carbons (Fsp3) is 0.357. The number of fused-ring (bicyclic) bond motifs is 1. The second kappa shape index (κ2) is 5.22. The Labute approximate surface area is 115 Å². The average molecular weight is 281 g/mol. The second-order valence-electron chi connectivity index (χ2n) is 5.03. The van der Waals surface area contributed by atoms with Crippen molar-refractivity contribution in [1.29, 1.82) is 0 Å². The number of aliphatic hydroxyl groups is 2. The molecule has 0 saturated carbocycles. The molecule has 0 fully saturated rings. The maximum atomic E-state index is 13.2. The molecule has 1 aromatic carbocycles. The molecular weight excluding hydrogens is 265 g/mol. The van der Waals surface area contributed by atoms with Gasteiger partial charge in [0.15, 0.2) is 5.76 Å². The van der Waals surface area contributed by atoms with E-state index in [9.17, 15) is 14.3 Å². The number of nitrogens with one attached hydrogen (secondary N) is 1. The third-order valence-corrected chi connectivity index (χ3v) is 3.07. The third kappa shape index (κ3) is 2.81. The van der Waals surface area contributed by atoms with Crippen molar-refractivity contribution in [1.82, 2.24) is 5.32 Å². The van der Waals surface area contributed by atoms with Crippen LogP contribution in [0.2, 0.25) is 0 Å². The van der Waals surface area contributed by atoms with E-state index >= 15 is 0 Å². The molecule has 0 saturated heterocycles. The highest BCUT2D eigenvalue weighted by Gasteiger charge is 2.23. The Balaban J connectivity index is 2.25. The normalized spacial score (nSPS) is 14.2. The standard InChI is InChI=1S/C14H16FNO4/c1-8-10-5-9(15)3-4-11(10)20-12(8)13(18)16-6-14(2,19)7-17/h3-5,17,19H,6-7H2,1-2H3,(H,16,18). The highest BCUT2D eigenvalue weighted by molar-refractivity contribution is 5.98. The Morgan fingerprint density at radius 3 is 2.85 bits per heavy atom. The molecule has 0 aliphatic heterocycles. The van der Waals surface area contributed by atoms with Crippen LogP contribution in [0.5, 0.6) is 0 Å². The van der Waals surface area contributed by atoms with Crippen molar-refractivity contribution in [2.45, 2.75) is 19.4 Å². The molecule has 0 bridgehead atoms. The van der Waals surface area contributed by atoms with Crippen molar-refractivity contribution in [2.24, 2.45) is 0 Å². The molecule has 5 nitrogen and oxygen atoms in total. The molecule has 6 heteroatoms. The lowest BCUT2D eigenvalue weighted by Gasteiger charge is -2.20. The minimum atomic E-state index is -1.40. The maximum Gasteiger partial charge on any atom is 0.287 e. The molecular formula is C14H16FNO4. The average Bonchev–Trinajstić information content (AvgIpc) is 2.74. The van der Waals surface area contributed by atoms with E-state index in [-0.39, 0.29) is 12.3 Å². The van der Waals surface area contributed by atoms with Gasteiger partial charge in [0.2, 0.25) is 0 Å². The zero-order chi connectivity index (χ0) is 14.9. The van der Waals surface area contributed by atoms with Crippen LogP contribution in [-0.4, -0.2) is 34.9 Å². The van der Waals surface area contributed by atoms with Crippen LogP contribution in [0.1, 0.15) is 23.0 Å². The van der Waals surface area contributed by atoms with Crippen molar-refractivity contribution < 1.29 is 23.8 Å². The summed E-state index contributed by atoms with van der Waals surface area (Å²) in [5.74, 6) is -0.858. The van der Waals surface area contributed by atoms with Crippen molar-refractivity contribution in [3.8, 4) is 0 Å². The smallest absolute Gasteiger partial charge is 0.287 e. The minimum absolute atomic E-state index is 0.0688. The molecule has 0 aliphatic rings. The van der Waals surface area contributed by atoms with Crippen molar-refractivity contribution >= 4 is 16.9 Å². The summed E-state index contributed by atoms with van der Waals surface area (Å²) in [5.41, 5.74) is -0.453. The van der Waals surface area contributed by atoms with Gasteiger partial charge in [-0.05, 0) is 32.0 Å². The van der Waals surface area contributed by atoms with Crippen LogP contribution in [0.25, 0.3) is 11.0 Å². The van der Waals surface area contributed by atoms with Crippen molar-refractivity contribution in [3.05, 3.63) is 35.3 Å². The lowest BCUT2D eigenvalue weighted by molar-refractivity contribution is 0.00300. The summed E-state index contributed by atoms with van der Waals surface area (Å²) in [5, 5.41) is 21.5. The molecule has 2 rings (SSSR count). The number of furan rings is 1. The van der Waals surface area contributed by atoms with Gasteiger partial charge in [0.1, 0.15) is 17.0 Å². The molecule has 2 aromatic rings. The van der Waals surface area contributed by atoms with Crippen molar-refractivity contribution in [3.63, 3.8) is 0 Å². The molecule has 3 N–H and O–H groups in total. The molecule has 0 radical (unpaired) electrons. The van der Waals surface area contributed by atoms with Gasteiger partial charge in [0, 0.05) is 17.5 Å². The van der Waals surface area contributed by atoms with Crippen molar-refractivity contribution in [2.75, 3.05) is 13.2 Å². The summed E-state index contributed by atoms with van der Waals surface area (Å²) in [6.45, 7) is 2.46. The van der Waals surface area contributed by atoms with Gasteiger partial charge in [-0.25, -0.2) is 4.39 Å². The summed E-state index contributed by atoms with van der Waals surface area (Å²) in [7, 11) is 0. The van der Waals surface area contributed by atoms with Crippen LogP contribution in [0.4, 0.5) is 4.39 Å².